The lowest BCUT2D eigenvalue weighted by atomic mass is 9.80. The lowest BCUT2D eigenvalue weighted by Crippen LogP contribution is -2.41. The molecule has 1 aliphatic carbocycles. The molecule has 1 saturated carbocycles. The number of rotatable bonds is 3. The first kappa shape index (κ1) is 11.6. The molecule has 0 aromatic rings. The summed E-state index contributed by atoms with van der Waals surface area (Å²) < 4.78 is 0. The average Bonchev–Trinajstić information content (AvgIpc) is 2.01. The van der Waals surface area contributed by atoms with E-state index in [0.29, 0.717) is 12.1 Å². The third kappa shape index (κ3) is 3.72. The van der Waals surface area contributed by atoms with Gasteiger partial charge in [-0.15, -0.1) is 12.3 Å². The van der Waals surface area contributed by atoms with Crippen molar-refractivity contribution in [2.75, 3.05) is 0 Å². The van der Waals surface area contributed by atoms with Crippen molar-refractivity contribution < 1.29 is 0 Å². The van der Waals surface area contributed by atoms with E-state index in [9.17, 15) is 0 Å². The highest BCUT2D eigenvalue weighted by Crippen LogP contribution is 2.28. The minimum absolute atomic E-state index is 0.475. The Morgan fingerprint density at radius 2 is 1.86 bits per heavy atom. The normalized spacial score (nSPS) is 34.9. The highest BCUT2D eigenvalue weighted by molar-refractivity contribution is 4.90. The third-order valence-corrected chi connectivity index (χ3v) is 3.12. The molecule has 0 spiro atoms. The Morgan fingerprint density at radius 1 is 1.29 bits per heavy atom. The van der Waals surface area contributed by atoms with Gasteiger partial charge in [-0.2, -0.15) is 0 Å². The van der Waals surface area contributed by atoms with Crippen LogP contribution in [-0.2, 0) is 0 Å². The van der Waals surface area contributed by atoms with Crippen molar-refractivity contribution >= 4 is 0 Å². The predicted octanol–water partition coefficient (Wildman–Crippen LogP) is 2.81. The van der Waals surface area contributed by atoms with E-state index in [1.54, 1.807) is 0 Å². The van der Waals surface area contributed by atoms with Crippen LogP contribution in [0.1, 0.15) is 46.5 Å². The summed E-state index contributed by atoms with van der Waals surface area (Å²) in [5.41, 5.74) is 0. The van der Waals surface area contributed by atoms with Crippen LogP contribution < -0.4 is 5.32 Å². The van der Waals surface area contributed by atoms with Gasteiger partial charge >= 0.3 is 0 Å². The van der Waals surface area contributed by atoms with Gasteiger partial charge in [-0.3, -0.25) is 0 Å². The highest BCUT2D eigenvalue weighted by atomic mass is 14.9. The van der Waals surface area contributed by atoms with E-state index in [2.05, 4.69) is 32.0 Å². The highest BCUT2D eigenvalue weighted by Gasteiger charge is 2.24. The van der Waals surface area contributed by atoms with Gasteiger partial charge in [-0.1, -0.05) is 13.8 Å². The van der Waals surface area contributed by atoms with Crippen LogP contribution in [0.2, 0.25) is 0 Å². The van der Waals surface area contributed by atoms with E-state index in [1.165, 1.54) is 19.3 Å². The Morgan fingerprint density at radius 3 is 2.36 bits per heavy atom. The van der Waals surface area contributed by atoms with Gasteiger partial charge in [-0.05, 0) is 38.0 Å². The molecular formula is C13H23N. The average molecular weight is 193 g/mol. The Balaban J connectivity index is 2.33. The second-order valence-electron chi connectivity index (χ2n) is 5.09. The number of hydrogen-bond acceptors (Lipinski definition) is 1. The molecule has 1 N–H and O–H groups in total. The monoisotopic (exact) mass is 193 g/mol. The molecule has 1 nitrogen and oxygen atoms in total. The second-order valence-corrected chi connectivity index (χ2v) is 5.09. The van der Waals surface area contributed by atoms with Gasteiger partial charge in [0, 0.05) is 18.5 Å². The van der Waals surface area contributed by atoms with Crippen LogP contribution in [0, 0.1) is 24.2 Å². The van der Waals surface area contributed by atoms with Gasteiger partial charge in [0.2, 0.25) is 0 Å². The Labute approximate surface area is 88.7 Å². The molecule has 0 amide bonds. The molecule has 3 atom stereocenters. The molecule has 14 heavy (non-hydrogen) atoms. The molecule has 0 saturated heterocycles. The van der Waals surface area contributed by atoms with Crippen molar-refractivity contribution in [3.8, 4) is 12.3 Å². The zero-order chi connectivity index (χ0) is 10.6. The van der Waals surface area contributed by atoms with Crippen LogP contribution in [0.25, 0.3) is 0 Å². The van der Waals surface area contributed by atoms with Gasteiger partial charge in [0.25, 0.3) is 0 Å². The summed E-state index contributed by atoms with van der Waals surface area (Å²) in [4.78, 5) is 0. The van der Waals surface area contributed by atoms with E-state index in [0.717, 1.165) is 18.3 Å². The largest absolute Gasteiger partial charge is 0.311 e. The van der Waals surface area contributed by atoms with E-state index in [4.69, 9.17) is 6.42 Å². The lowest BCUT2D eigenvalue weighted by Gasteiger charge is -2.33. The van der Waals surface area contributed by atoms with E-state index >= 15 is 0 Å². The number of nitrogens with one attached hydrogen (secondary N) is 1. The molecule has 0 heterocycles. The van der Waals surface area contributed by atoms with Crippen LogP contribution in [-0.4, -0.2) is 12.1 Å². The molecule has 0 aliphatic heterocycles. The predicted molar refractivity (Wildman–Crippen MR) is 62.0 cm³/mol. The maximum absolute atomic E-state index is 5.30. The fraction of sp³-hybridized carbons (Fsp3) is 0.846. The second kappa shape index (κ2) is 5.41. The maximum Gasteiger partial charge on any atom is 0.0238 e. The standard InChI is InChI=1S/C13H23N/c1-5-6-12(4)14-13-8-10(2)7-11(3)9-13/h1,10-14H,6-9H2,2-4H3. The fourth-order valence-electron chi connectivity index (χ4n) is 2.72. The summed E-state index contributed by atoms with van der Waals surface area (Å²) >= 11 is 0. The number of hydrogen-bond donors (Lipinski definition) is 1. The van der Waals surface area contributed by atoms with Crippen LogP contribution in [0.3, 0.4) is 0 Å². The Bertz CT molecular complexity index is 194. The SMILES string of the molecule is C#CCC(C)NC1CC(C)CC(C)C1. The summed E-state index contributed by atoms with van der Waals surface area (Å²) in [5.74, 6) is 4.46. The van der Waals surface area contributed by atoms with Crippen molar-refractivity contribution in [2.24, 2.45) is 11.8 Å². The molecule has 1 rings (SSSR count). The van der Waals surface area contributed by atoms with Crippen LogP contribution in [0.4, 0.5) is 0 Å². The molecule has 0 bridgehead atoms. The summed E-state index contributed by atoms with van der Waals surface area (Å²) in [6, 6.07) is 1.17. The van der Waals surface area contributed by atoms with Crippen LogP contribution >= 0.6 is 0 Å². The molecule has 0 radical (unpaired) electrons. The van der Waals surface area contributed by atoms with Gasteiger partial charge in [0.15, 0.2) is 0 Å². The first-order valence-electron chi connectivity index (χ1n) is 5.81. The summed E-state index contributed by atoms with van der Waals surface area (Å²) in [7, 11) is 0. The number of terminal acetylenes is 1. The van der Waals surface area contributed by atoms with E-state index in [-0.39, 0.29) is 0 Å². The van der Waals surface area contributed by atoms with Crippen LogP contribution in [0.15, 0.2) is 0 Å². The molecule has 80 valence electrons. The molecule has 1 fully saturated rings. The molecule has 0 aromatic carbocycles. The Kier molecular flexibility index (Phi) is 4.48. The van der Waals surface area contributed by atoms with Gasteiger partial charge in [0.1, 0.15) is 0 Å². The first-order valence-corrected chi connectivity index (χ1v) is 5.81. The smallest absolute Gasteiger partial charge is 0.0238 e. The topological polar surface area (TPSA) is 12.0 Å². The van der Waals surface area contributed by atoms with Gasteiger partial charge in [0.05, 0.1) is 0 Å². The summed E-state index contributed by atoms with van der Waals surface area (Å²) in [5, 5.41) is 3.64. The molecule has 0 aromatic heterocycles. The molecular weight excluding hydrogens is 170 g/mol. The summed E-state index contributed by atoms with van der Waals surface area (Å²) in [6.07, 6.45) is 10.2. The van der Waals surface area contributed by atoms with Crippen molar-refractivity contribution in [1.82, 2.24) is 5.32 Å². The lowest BCUT2D eigenvalue weighted by molar-refractivity contribution is 0.228. The first-order chi connectivity index (χ1) is 6.61. The summed E-state index contributed by atoms with van der Waals surface area (Å²) in [6.45, 7) is 6.90. The molecule has 1 aliphatic rings. The Hall–Kier alpha value is -0.480. The quantitative estimate of drug-likeness (QED) is 0.680. The van der Waals surface area contributed by atoms with Gasteiger partial charge < -0.3 is 5.32 Å². The third-order valence-electron chi connectivity index (χ3n) is 3.12. The minimum atomic E-state index is 0.475. The maximum atomic E-state index is 5.30. The van der Waals surface area contributed by atoms with E-state index < -0.39 is 0 Å². The van der Waals surface area contributed by atoms with Crippen molar-refractivity contribution in [2.45, 2.75) is 58.5 Å². The van der Waals surface area contributed by atoms with Crippen molar-refractivity contribution in [1.29, 1.82) is 0 Å². The van der Waals surface area contributed by atoms with Gasteiger partial charge in [-0.25, -0.2) is 0 Å². The fourth-order valence-corrected chi connectivity index (χ4v) is 2.72. The van der Waals surface area contributed by atoms with Crippen molar-refractivity contribution in [3.05, 3.63) is 0 Å². The van der Waals surface area contributed by atoms with Crippen LogP contribution in [0.5, 0.6) is 0 Å². The van der Waals surface area contributed by atoms with E-state index in [1.807, 2.05) is 0 Å². The zero-order valence-corrected chi connectivity index (χ0v) is 9.72. The molecule has 1 heteroatoms. The van der Waals surface area contributed by atoms with Crippen molar-refractivity contribution in [3.63, 3.8) is 0 Å². The molecule has 3 unspecified atom stereocenters. The zero-order valence-electron chi connectivity index (χ0n) is 9.72. The minimum Gasteiger partial charge on any atom is -0.311 e.